The number of piperidine rings is 1. The van der Waals surface area contributed by atoms with Gasteiger partial charge in [0.15, 0.2) is 0 Å². The van der Waals surface area contributed by atoms with E-state index in [2.05, 4.69) is 43.7 Å². The average molecular weight is 687 g/mol. The molecule has 8 unspecified atom stereocenters. The van der Waals surface area contributed by atoms with Gasteiger partial charge in [-0.1, -0.05) is 6.42 Å². The van der Waals surface area contributed by atoms with Gasteiger partial charge in [0, 0.05) is 63.2 Å². The molecule has 4 aliphatic heterocycles. The first-order valence-electron chi connectivity index (χ1n) is 19.8. The number of aliphatic hydroxyl groups excluding tert-OH is 1. The van der Waals surface area contributed by atoms with E-state index in [0.29, 0.717) is 55.0 Å². The zero-order valence-electron chi connectivity index (χ0n) is 29.5. The fourth-order valence-corrected chi connectivity index (χ4v) is 10.0. The Hall–Kier alpha value is -1.42. The standard InChI is InChI=1S/C36H62N8O5/c1-22-31(49-21-39-22)20-48-27-6-5-24-14-28(37-18-25(24)13-27)30(45)19-38-33(46)29-15-32(40-26-16-36(17-26)7-2-8-36)42-35(41-29)44-11-9-43(10-12-44)34(47)23-3-4-23/h22-32,35,37,39-42,45H,2-21H2,1H3,(H,38,46)/t22?,24?,25?,27?,28-,29?,30+,31?,32?,35?/m0/s1. The van der Waals surface area contributed by atoms with Gasteiger partial charge in [-0.3, -0.25) is 35.8 Å². The normalized spacial score (nSPS) is 40.3. The molecule has 2 amide bonds. The molecule has 13 nitrogen and oxygen atoms in total. The summed E-state index contributed by atoms with van der Waals surface area (Å²) in [6, 6.07) is 0.443. The Morgan fingerprint density at radius 1 is 1.00 bits per heavy atom. The molecule has 10 atom stereocenters. The van der Waals surface area contributed by atoms with E-state index in [1.54, 1.807) is 0 Å². The van der Waals surface area contributed by atoms with Crippen molar-refractivity contribution in [3.05, 3.63) is 0 Å². The van der Waals surface area contributed by atoms with Gasteiger partial charge in [0.1, 0.15) is 6.29 Å². The summed E-state index contributed by atoms with van der Waals surface area (Å²) in [6.45, 7) is 7.55. The van der Waals surface area contributed by atoms with Crippen molar-refractivity contribution in [3.63, 3.8) is 0 Å². The first-order valence-corrected chi connectivity index (χ1v) is 19.8. The van der Waals surface area contributed by atoms with E-state index in [4.69, 9.17) is 9.47 Å². The number of fused-ring (bicyclic) bond motifs is 1. The van der Waals surface area contributed by atoms with E-state index in [0.717, 1.165) is 71.2 Å². The van der Waals surface area contributed by atoms with Gasteiger partial charge in [0.2, 0.25) is 11.8 Å². The lowest BCUT2D eigenvalue weighted by Gasteiger charge is -2.56. The Morgan fingerprint density at radius 3 is 2.53 bits per heavy atom. The maximum absolute atomic E-state index is 13.7. The first kappa shape index (κ1) is 34.7. The molecule has 4 heterocycles. The summed E-state index contributed by atoms with van der Waals surface area (Å²) in [5.41, 5.74) is 0.586. The van der Waals surface area contributed by atoms with E-state index >= 15 is 0 Å². The fraction of sp³-hybridized carbons (Fsp3) is 0.944. The molecule has 276 valence electrons. The number of nitrogens with one attached hydrogen (secondary N) is 6. The van der Waals surface area contributed by atoms with E-state index < -0.39 is 6.10 Å². The Kier molecular flexibility index (Phi) is 10.5. The van der Waals surface area contributed by atoms with Gasteiger partial charge in [-0.05, 0) is 94.9 Å². The third kappa shape index (κ3) is 8.00. The van der Waals surface area contributed by atoms with Crippen LogP contribution in [0.2, 0.25) is 0 Å². The van der Waals surface area contributed by atoms with Crippen LogP contribution in [-0.4, -0.2) is 134 Å². The van der Waals surface area contributed by atoms with Crippen LogP contribution in [-0.2, 0) is 19.1 Å². The average Bonchev–Trinajstić information content (AvgIpc) is 3.86. The highest BCUT2D eigenvalue weighted by atomic mass is 16.5. The fourth-order valence-electron chi connectivity index (χ4n) is 10.0. The second-order valence-electron chi connectivity index (χ2n) is 17.0. The van der Waals surface area contributed by atoms with Crippen molar-refractivity contribution in [2.24, 2.45) is 23.2 Å². The Balaban J connectivity index is 0.805. The summed E-state index contributed by atoms with van der Waals surface area (Å²) in [5.74, 6) is 1.65. The van der Waals surface area contributed by atoms with Crippen LogP contribution < -0.4 is 31.9 Å². The van der Waals surface area contributed by atoms with Crippen molar-refractivity contribution in [1.82, 2.24) is 41.7 Å². The maximum atomic E-state index is 13.7. The Labute approximate surface area is 292 Å². The van der Waals surface area contributed by atoms with Crippen LogP contribution in [0.3, 0.4) is 0 Å². The predicted octanol–water partition coefficient (Wildman–Crippen LogP) is -0.001000. The molecule has 8 fully saturated rings. The predicted molar refractivity (Wildman–Crippen MR) is 184 cm³/mol. The van der Waals surface area contributed by atoms with Crippen LogP contribution in [0.25, 0.3) is 0 Å². The largest absolute Gasteiger partial charge is 0.390 e. The number of nitrogens with zero attached hydrogens (tertiary/aromatic N) is 2. The number of amides is 2. The molecule has 4 saturated carbocycles. The molecule has 0 bridgehead atoms. The summed E-state index contributed by atoms with van der Waals surface area (Å²) in [7, 11) is 0. The molecule has 13 heteroatoms. The van der Waals surface area contributed by atoms with E-state index in [1.165, 1.54) is 32.1 Å². The molecule has 7 N–H and O–H groups in total. The number of rotatable bonds is 11. The molecule has 1 spiro atoms. The molecule has 4 saturated heterocycles. The second-order valence-corrected chi connectivity index (χ2v) is 17.0. The molecular weight excluding hydrogens is 624 g/mol. The van der Waals surface area contributed by atoms with Crippen LogP contribution in [0.1, 0.15) is 84.0 Å². The van der Waals surface area contributed by atoms with Crippen molar-refractivity contribution >= 4 is 11.8 Å². The number of hydrogen-bond donors (Lipinski definition) is 7. The summed E-state index contributed by atoms with van der Waals surface area (Å²) < 4.78 is 12.0. The summed E-state index contributed by atoms with van der Waals surface area (Å²) >= 11 is 0. The lowest BCUT2D eigenvalue weighted by Crippen LogP contribution is -2.73. The highest BCUT2D eigenvalue weighted by Gasteiger charge is 2.49. The van der Waals surface area contributed by atoms with E-state index in [9.17, 15) is 14.7 Å². The Morgan fingerprint density at radius 2 is 1.82 bits per heavy atom. The van der Waals surface area contributed by atoms with E-state index in [1.807, 2.05) is 4.90 Å². The molecule has 0 aromatic rings. The van der Waals surface area contributed by atoms with Gasteiger partial charge in [-0.2, -0.15) is 0 Å². The molecule has 49 heavy (non-hydrogen) atoms. The highest BCUT2D eigenvalue weighted by Crippen LogP contribution is 2.55. The van der Waals surface area contributed by atoms with Gasteiger partial charge in [0.25, 0.3) is 0 Å². The van der Waals surface area contributed by atoms with Crippen molar-refractivity contribution < 1.29 is 24.2 Å². The monoisotopic (exact) mass is 686 g/mol. The second kappa shape index (κ2) is 14.9. The zero-order valence-corrected chi connectivity index (χ0v) is 29.5. The molecule has 0 radical (unpaired) electrons. The van der Waals surface area contributed by atoms with Gasteiger partial charge in [-0.15, -0.1) is 0 Å². The number of ether oxygens (including phenoxy) is 2. The summed E-state index contributed by atoms with van der Waals surface area (Å²) in [4.78, 5) is 30.7. The number of carbonyl (C=O) groups is 2. The summed E-state index contributed by atoms with van der Waals surface area (Å²) in [6.07, 6.45) is 13.1. The van der Waals surface area contributed by atoms with Gasteiger partial charge in [-0.25, -0.2) is 0 Å². The number of carbonyl (C=O) groups excluding carboxylic acids is 2. The molecule has 8 aliphatic rings. The van der Waals surface area contributed by atoms with Crippen molar-refractivity contribution in [3.8, 4) is 0 Å². The molecule has 0 aromatic heterocycles. The lowest BCUT2D eigenvalue weighted by molar-refractivity contribution is -0.135. The third-order valence-corrected chi connectivity index (χ3v) is 13.6. The van der Waals surface area contributed by atoms with Crippen LogP contribution in [0.5, 0.6) is 0 Å². The SMILES string of the molecule is CC1NCOC1COC1CCC2C[C@@H]([C@H](O)CNC(=O)C3CC(NC4CC5(CCC5)C4)NC(N4CCN(C(=O)C5CC5)CC4)N3)NCC2C1. The highest BCUT2D eigenvalue weighted by molar-refractivity contribution is 5.82. The van der Waals surface area contributed by atoms with Gasteiger partial charge in [0.05, 0.1) is 43.9 Å². The third-order valence-electron chi connectivity index (χ3n) is 13.6. The molecular formula is C36H62N8O5. The van der Waals surface area contributed by atoms with Crippen molar-refractivity contribution in [1.29, 1.82) is 0 Å². The van der Waals surface area contributed by atoms with E-state index in [-0.39, 0.29) is 55.1 Å². The van der Waals surface area contributed by atoms with Crippen molar-refractivity contribution in [2.75, 3.05) is 52.6 Å². The molecule has 8 rings (SSSR count). The smallest absolute Gasteiger partial charge is 0.237 e. The number of hydrogen-bond acceptors (Lipinski definition) is 11. The van der Waals surface area contributed by atoms with Crippen LogP contribution >= 0.6 is 0 Å². The van der Waals surface area contributed by atoms with Gasteiger partial charge < -0.3 is 30.1 Å². The zero-order chi connectivity index (χ0) is 33.5. The minimum absolute atomic E-state index is 0.0203. The van der Waals surface area contributed by atoms with Crippen LogP contribution in [0.4, 0.5) is 0 Å². The lowest BCUT2D eigenvalue weighted by atomic mass is 9.54. The van der Waals surface area contributed by atoms with Crippen LogP contribution in [0.15, 0.2) is 0 Å². The van der Waals surface area contributed by atoms with Gasteiger partial charge >= 0.3 is 0 Å². The van der Waals surface area contributed by atoms with Crippen LogP contribution in [0, 0.1) is 23.2 Å². The van der Waals surface area contributed by atoms with Crippen molar-refractivity contribution in [2.45, 2.75) is 139 Å². The first-order chi connectivity index (χ1) is 23.8. The maximum Gasteiger partial charge on any atom is 0.237 e. The minimum atomic E-state index is -0.635. The Bertz CT molecular complexity index is 1160. The summed E-state index contributed by atoms with van der Waals surface area (Å²) in [5, 5.41) is 32.5. The topological polar surface area (TPSA) is 151 Å². The minimum Gasteiger partial charge on any atom is -0.390 e. The molecule has 4 aliphatic carbocycles. The molecule has 0 aromatic carbocycles. The quantitative estimate of drug-likeness (QED) is 0.157. The number of aliphatic hydroxyl groups is 1. The number of piperazine rings is 1.